The molecule has 0 N–H and O–H groups in total. The molecule has 78 valence electrons. The predicted octanol–water partition coefficient (Wildman–Crippen LogP) is 1.58. The molecule has 0 aliphatic heterocycles. The van der Waals surface area contributed by atoms with Gasteiger partial charge in [-0.25, -0.2) is 9.37 Å². The topological polar surface area (TPSA) is 33.2 Å². The van der Waals surface area contributed by atoms with Crippen LogP contribution in [0.25, 0.3) is 0 Å². The van der Waals surface area contributed by atoms with Crippen molar-refractivity contribution in [3.05, 3.63) is 28.8 Å². The molecular weight excluding hydrogens is 219 g/mol. The van der Waals surface area contributed by atoms with Gasteiger partial charge in [-0.3, -0.25) is 4.79 Å². The van der Waals surface area contributed by atoms with E-state index in [-0.39, 0.29) is 17.3 Å². The summed E-state index contributed by atoms with van der Waals surface area (Å²) in [5.41, 5.74) is 0.00872. The molecule has 0 saturated heterocycles. The van der Waals surface area contributed by atoms with Gasteiger partial charge in [-0.1, -0.05) is 17.5 Å². The fraction of sp³-hybridized carbons (Fsp3) is 0.200. The summed E-state index contributed by atoms with van der Waals surface area (Å²) >= 11 is 5.66. The lowest BCUT2D eigenvalue weighted by Gasteiger charge is -2.14. The Morgan fingerprint density at radius 1 is 1.80 bits per heavy atom. The molecular formula is C10H8ClFN2O. The van der Waals surface area contributed by atoms with Crippen LogP contribution in [0.1, 0.15) is 10.4 Å². The minimum Gasteiger partial charge on any atom is -0.330 e. The number of aromatic nitrogens is 1. The summed E-state index contributed by atoms with van der Waals surface area (Å²) in [5.74, 6) is 1.23. The SMILES string of the molecule is C#CCN(C)C(=O)c1cc(F)cnc1Cl. The monoisotopic (exact) mass is 226 g/mol. The summed E-state index contributed by atoms with van der Waals surface area (Å²) in [5, 5.41) is -0.0368. The molecule has 3 nitrogen and oxygen atoms in total. The van der Waals surface area contributed by atoms with Gasteiger partial charge in [-0.05, 0) is 6.07 Å². The Bertz CT molecular complexity index is 428. The second-order valence-electron chi connectivity index (χ2n) is 2.86. The molecule has 15 heavy (non-hydrogen) atoms. The van der Waals surface area contributed by atoms with Crippen LogP contribution < -0.4 is 0 Å². The smallest absolute Gasteiger partial charge is 0.257 e. The molecule has 0 spiro atoms. The summed E-state index contributed by atoms with van der Waals surface area (Å²) in [4.78, 5) is 16.4. The molecule has 1 aromatic rings. The molecule has 0 aromatic carbocycles. The van der Waals surface area contributed by atoms with Gasteiger partial charge in [0.15, 0.2) is 0 Å². The van der Waals surface area contributed by atoms with Gasteiger partial charge in [0, 0.05) is 7.05 Å². The van der Waals surface area contributed by atoms with Gasteiger partial charge in [0.1, 0.15) is 11.0 Å². The van der Waals surface area contributed by atoms with E-state index in [4.69, 9.17) is 18.0 Å². The number of pyridine rings is 1. The molecule has 0 bridgehead atoms. The fourth-order valence-corrected chi connectivity index (χ4v) is 1.17. The Morgan fingerprint density at radius 3 is 3.07 bits per heavy atom. The largest absolute Gasteiger partial charge is 0.330 e. The molecule has 0 aliphatic carbocycles. The van der Waals surface area contributed by atoms with Crippen LogP contribution in [0.4, 0.5) is 4.39 Å². The standard InChI is InChI=1S/C10H8ClFN2O/c1-3-4-14(2)10(15)8-5-7(12)6-13-9(8)11/h1,5-6H,4H2,2H3. The van der Waals surface area contributed by atoms with Crippen molar-refractivity contribution in [2.45, 2.75) is 0 Å². The Morgan fingerprint density at radius 2 is 2.47 bits per heavy atom. The highest BCUT2D eigenvalue weighted by molar-refractivity contribution is 6.32. The lowest BCUT2D eigenvalue weighted by atomic mass is 10.2. The molecule has 1 amide bonds. The number of rotatable bonds is 2. The minimum absolute atomic E-state index is 0.00872. The van der Waals surface area contributed by atoms with Crippen molar-refractivity contribution in [1.29, 1.82) is 0 Å². The maximum atomic E-state index is 12.8. The maximum absolute atomic E-state index is 12.8. The van der Waals surface area contributed by atoms with Crippen molar-refractivity contribution < 1.29 is 9.18 Å². The van der Waals surface area contributed by atoms with Gasteiger partial charge in [0.05, 0.1) is 18.3 Å². The number of carbonyl (C=O) groups excluding carboxylic acids is 1. The molecule has 0 radical (unpaired) electrons. The average molecular weight is 227 g/mol. The minimum atomic E-state index is -0.614. The van der Waals surface area contributed by atoms with Crippen LogP contribution >= 0.6 is 11.6 Å². The second kappa shape index (κ2) is 4.76. The molecule has 0 unspecified atom stereocenters. The molecule has 1 aromatic heterocycles. The van der Waals surface area contributed by atoms with Crippen molar-refractivity contribution in [2.24, 2.45) is 0 Å². The number of nitrogens with zero attached hydrogens (tertiary/aromatic N) is 2. The molecule has 1 heterocycles. The Labute approximate surface area is 91.9 Å². The van der Waals surface area contributed by atoms with E-state index in [2.05, 4.69) is 10.9 Å². The highest BCUT2D eigenvalue weighted by atomic mass is 35.5. The van der Waals surface area contributed by atoms with E-state index in [1.165, 1.54) is 11.9 Å². The van der Waals surface area contributed by atoms with E-state index in [0.717, 1.165) is 12.3 Å². The van der Waals surface area contributed by atoms with Gasteiger partial charge < -0.3 is 4.90 Å². The van der Waals surface area contributed by atoms with Crippen LogP contribution in [0.5, 0.6) is 0 Å². The number of carbonyl (C=O) groups is 1. The van der Waals surface area contributed by atoms with Crippen molar-refractivity contribution in [3.63, 3.8) is 0 Å². The zero-order chi connectivity index (χ0) is 11.4. The number of hydrogen-bond donors (Lipinski definition) is 0. The zero-order valence-electron chi connectivity index (χ0n) is 8.00. The van der Waals surface area contributed by atoms with Crippen LogP contribution in [0.3, 0.4) is 0 Å². The molecule has 0 atom stereocenters. The third-order valence-electron chi connectivity index (χ3n) is 1.71. The van der Waals surface area contributed by atoms with E-state index >= 15 is 0 Å². The molecule has 0 fully saturated rings. The van der Waals surface area contributed by atoms with E-state index in [1.54, 1.807) is 0 Å². The van der Waals surface area contributed by atoms with Crippen molar-refractivity contribution in [3.8, 4) is 12.3 Å². The third kappa shape index (κ3) is 2.67. The average Bonchev–Trinajstić information content (AvgIpc) is 2.21. The van der Waals surface area contributed by atoms with Gasteiger partial charge in [0.25, 0.3) is 5.91 Å². The Hall–Kier alpha value is -1.60. The third-order valence-corrected chi connectivity index (χ3v) is 2.01. The van der Waals surface area contributed by atoms with Gasteiger partial charge in [-0.2, -0.15) is 0 Å². The van der Waals surface area contributed by atoms with Gasteiger partial charge in [0.2, 0.25) is 0 Å². The molecule has 0 aliphatic rings. The normalized spacial score (nSPS) is 9.47. The van der Waals surface area contributed by atoms with E-state index < -0.39 is 11.7 Å². The zero-order valence-corrected chi connectivity index (χ0v) is 8.75. The Balaban J connectivity index is 3.01. The maximum Gasteiger partial charge on any atom is 0.257 e. The predicted molar refractivity (Wildman–Crippen MR) is 55.0 cm³/mol. The number of halogens is 2. The summed E-state index contributed by atoms with van der Waals surface area (Å²) in [6, 6.07) is 1.03. The first-order valence-corrected chi connectivity index (χ1v) is 4.44. The highest BCUT2D eigenvalue weighted by Crippen LogP contribution is 2.15. The first-order chi connectivity index (χ1) is 7.06. The van der Waals surface area contributed by atoms with Crippen LogP contribution in [0.15, 0.2) is 12.3 Å². The highest BCUT2D eigenvalue weighted by Gasteiger charge is 2.16. The van der Waals surface area contributed by atoms with E-state index in [0.29, 0.717) is 0 Å². The van der Waals surface area contributed by atoms with Crippen LogP contribution in [-0.2, 0) is 0 Å². The molecule has 5 heteroatoms. The first-order valence-electron chi connectivity index (χ1n) is 4.06. The van der Waals surface area contributed by atoms with Crippen molar-refractivity contribution in [1.82, 2.24) is 9.88 Å². The summed E-state index contributed by atoms with van der Waals surface area (Å²) in [6.07, 6.45) is 5.99. The van der Waals surface area contributed by atoms with Crippen molar-refractivity contribution in [2.75, 3.05) is 13.6 Å². The lowest BCUT2D eigenvalue weighted by molar-refractivity contribution is 0.0812. The second-order valence-corrected chi connectivity index (χ2v) is 3.22. The van der Waals surface area contributed by atoms with Gasteiger partial charge >= 0.3 is 0 Å². The number of amides is 1. The summed E-state index contributed by atoms with van der Waals surface area (Å²) in [6.45, 7) is 0.131. The summed E-state index contributed by atoms with van der Waals surface area (Å²) in [7, 11) is 1.50. The lowest BCUT2D eigenvalue weighted by Crippen LogP contribution is -2.27. The number of hydrogen-bond acceptors (Lipinski definition) is 2. The van der Waals surface area contributed by atoms with Crippen LogP contribution in [0, 0.1) is 18.2 Å². The quantitative estimate of drug-likeness (QED) is 0.567. The van der Waals surface area contributed by atoms with Crippen molar-refractivity contribution >= 4 is 17.5 Å². The van der Waals surface area contributed by atoms with Crippen LogP contribution in [0.2, 0.25) is 5.15 Å². The van der Waals surface area contributed by atoms with Gasteiger partial charge in [-0.15, -0.1) is 6.42 Å². The van der Waals surface area contributed by atoms with Crippen LogP contribution in [-0.4, -0.2) is 29.4 Å². The van der Waals surface area contributed by atoms with E-state index in [1.807, 2.05) is 0 Å². The Kier molecular flexibility index (Phi) is 3.64. The fourth-order valence-electron chi connectivity index (χ4n) is 0.987. The molecule has 1 rings (SSSR count). The van der Waals surface area contributed by atoms with E-state index in [9.17, 15) is 9.18 Å². The first kappa shape index (κ1) is 11.5. The number of terminal acetylenes is 1. The summed E-state index contributed by atoms with van der Waals surface area (Å²) < 4.78 is 12.8. The molecule has 0 saturated carbocycles.